The second-order valence-corrected chi connectivity index (χ2v) is 4.29. The molecule has 3 heteroatoms. The van der Waals surface area contributed by atoms with Crippen LogP contribution in [0.3, 0.4) is 0 Å². The van der Waals surface area contributed by atoms with E-state index in [0.29, 0.717) is 11.7 Å². The summed E-state index contributed by atoms with van der Waals surface area (Å²) in [5, 5.41) is 8.55. The van der Waals surface area contributed by atoms with Crippen LogP contribution >= 0.6 is 0 Å². The van der Waals surface area contributed by atoms with Crippen LogP contribution in [0.1, 0.15) is 36.5 Å². The molecule has 0 heterocycles. The Labute approximate surface area is 96.1 Å². The van der Waals surface area contributed by atoms with Gasteiger partial charge in [-0.15, -0.1) is 0 Å². The van der Waals surface area contributed by atoms with Gasteiger partial charge in [-0.1, -0.05) is 13.8 Å². The van der Waals surface area contributed by atoms with Gasteiger partial charge in [0.2, 0.25) is 0 Å². The smallest absolute Gasteiger partial charge is 0.341 e. The van der Waals surface area contributed by atoms with Crippen molar-refractivity contribution in [2.45, 2.75) is 33.6 Å². The van der Waals surface area contributed by atoms with E-state index in [4.69, 9.17) is 9.84 Å². The molecule has 0 amide bonds. The van der Waals surface area contributed by atoms with E-state index in [1.54, 1.807) is 0 Å². The minimum atomic E-state index is -0.954. The Kier molecular flexibility index (Phi) is 3.93. The molecule has 0 aliphatic heterocycles. The Morgan fingerprint density at radius 3 is 2.50 bits per heavy atom. The highest BCUT2D eigenvalue weighted by atomic mass is 16.5. The number of carboxylic acids is 1. The number of ether oxygens (including phenoxy) is 1. The molecule has 0 radical (unpaired) electrons. The summed E-state index contributed by atoms with van der Waals surface area (Å²) in [7, 11) is 0. The predicted octanol–water partition coefficient (Wildman–Crippen LogP) is 2.89. The number of carboxylic acid groups (broad SMARTS) is 1. The van der Waals surface area contributed by atoms with Crippen LogP contribution < -0.4 is 4.74 Å². The van der Waals surface area contributed by atoms with Crippen molar-refractivity contribution in [1.29, 1.82) is 0 Å². The highest BCUT2D eigenvalue weighted by Crippen LogP contribution is 2.27. The van der Waals surface area contributed by atoms with Crippen molar-refractivity contribution in [3.05, 3.63) is 28.8 Å². The number of aliphatic carboxylic acids is 1. The summed E-state index contributed by atoms with van der Waals surface area (Å²) in [6, 6.07) is 3.81. The molecule has 0 fully saturated rings. The third kappa shape index (κ3) is 2.99. The van der Waals surface area contributed by atoms with Gasteiger partial charge in [0.15, 0.2) is 6.61 Å². The first-order chi connectivity index (χ1) is 7.41. The van der Waals surface area contributed by atoms with Gasteiger partial charge < -0.3 is 9.84 Å². The first-order valence-corrected chi connectivity index (χ1v) is 5.37. The summed E-state index contributed by atoms with van der Waals surface area (Å²) in [4.78, 5) is 10.4. The van der Waals surface area contributed by atoms with Crippen molar-refractivity contribution in [2.24, 2.45) is 0 Å². The van der Waals surface area contributed by atoms with Crippen LogP contribution in [0.5, 0.6) is 5.75 Å². The zero-order valence-corrected chi connectivity index (χ0v) is 10.2. The average Bonchev–Trinajstić information content (AvgIpc) is 2.19. The van der Waals surface area contributed by atoms with Gasteiger partial charge >= 0.3 is 5.97 Å². The molecule has 1 aromatic carbocycles. The number of hydrogen-bond acceptors (Lipinski definition) is 2. The Balaban J connectivity index is 2.99. The zero-order chi connectivity index (χ0) is 12.3. The Morgan fingerprint density at radius 2 is 2.00 bits per heavy atom. The highest BCUT2D eigenvalue weighted by molar-refractivity contribution is 5.68. The minimum absolute atomic E-state index is 0.292. The first-order valence-electron chi connectivity index (χ1n) is 5.37. The van der Waals surface area contributed by atoms with E-state index in [9.17, 15) is 4.79 Å². The van der Waals surface area contributed by atoms with Crippen LogP contribution in [0, 0.1) is 13.8 Å². The van der Waals surface area contributed by atoms with E-state index in [2.05, 4.69) is 20.8 Å². The summed E-state index contributed by atoms with van der Waals surface area (Å²) in [6.45, 7) is 8.02. The number of carbonyl (C=O) groups is 1. The maximum absolute atomic E-state index is 10.4. The lowest BCUT2D eigenvalue weighted by atomic mass is 9.94. The lowest BCUT2D eigenvalue weighted by molar-refractivity contribution is -0.139. The molecular formula is C13H18O3. The van der Waals surface area contributed by atoms with E-state index < -0.39 is 5.97 Å². The Morgan fingerprint density at radius 1 is 1.38 bits per heavy atom. The highest BCUT2D eigenvalue weighted by Gasteiger charge is 2.09. The SMILES string of the molecule is Cc1cc(OCC(=O)O)cc(C(C)C)c1C. The zero-order valence-electron chi connectivity index (χ0n) is 10.2. The molecule has 0 unspecified atom stereocenters. The van der Waals surface area contributed by atoms with Gasteiger partial charge in [0.1, 0.15) is 5.75 Å². The fourth-order valence-electron chi connectivity index (χ4n) is 1.68. The van der Waals surface area contributed by atoms with E-state index >= 15 is 0 Å². The molecule has 0 saturated heterocycles. The molecule has 0 saturated carbocycles. The van der Waals surface area contributed by atoms with Crippen LogP contribution in [0.25, 0.3) is 0 Å². The molecule has 0 aliphatic carbocycles. The molecule has 88 valence electrons. The molecule has 1 rings (SSSR count). The fraction of sp³-hybridized carbons (Fsp3) is 0.462. The van der Waals surface area contributed by atoms with Crippen LogP contribution in [0.4, 0.5) is 0 Å². The average molecular weight is 222 g/mol. The third-order valence-corrected chi connectivity index (χ3v) is 2.67. The number of rotatable bonds is 4. The lowest BCUT2D eigenvalue weighted by Gasteiger charge is -2.14. The standard InChI is InChI=1S/C13H18O3/c1-8(2)12-6-11(16-7-13(14)15)5-9(3)10(12)4/h5-6,8H,7H2,1-4H3,(H,14,15). The van der Waals surface area contributed by atoms with Crippen LogP contribution in [0.15, 0.2) is 12.1 Å². The van der Waals surface area contributed by atoms with Crippen molar-refractivity contribution in [3.63, 3.8) is 0 Å². The van der Waals surface area contributed by atoms with Crippen LogP contribution in [-0.4, -0.2) is 17.7 Å². The van der Waals surface area contributed by atoms with Gasteiger partial charge in [-0.3, -0.25) is 0 Å². The molecule has 16 heavy (non-hydrogen) atoms. The molecule has 1 N–H and O–H groups in total. The van der Waals surface area contributed by atoms with E-state index in [1.165, 1.54) is 11.1 Å². The van der Waals surface area contributed by atoms with Crippen LogP contribution in [0.2, 0.25) is 0 Å². The topological polar surface area (TPSA) is 46.5 Å². The van der Waals surface area contributed by atoms with Crippen molar-refractivity contribution in [2.75, 3.05) is 6.61 Å². The lowest BCUT2D eigenvalue weighted by Crippen LogP contribution is -2.10. The maximum atomic E-state index is 10.4. The fourth-order valence-corrected chi connectivity index (χ4v) is 1.68. The molecule has 0 bridgehead atoms. The van der Waals surface area contributed by atoms with Crippen molar-refractivity contribution in [1.82, 2.24) is 0 Å². The van der Waals surface area contributed by atoms with Crippen molar-refractivity contribution in [3.8, 4) is 5.75 Å². The summed E-state index contributed by atoms with van der Waals surface area (Å²) in [6.07, 6.45) is 0. The summed E-state index contributed by atoms with van der Waals surface area (Å²) in [5.74, 6) is 0.0885. The van der Waals surface area contributed by atoms with E-state index in [-0.39, 0.29) is 6.61 Å². The quantitative estimate of drug-likeness (QED) is 0.852. The molecule has 3 nitrogen and oxygen atoms in total. The third-order valence-electron chi connectivity index (χ3n) is 2.67. The molecule has 0 atom stereocenters. The summed E-state index contributed by atoms with van der Waals surface area (Å²) in [5.41, 5.74) is 3.59. The predicted molar refractivity (Wildman–Crippen MR) is 63.1 cm³/mol. The maximum Gasteiger partial charge on any atom is 0.341 e. The van der Waals surface area contributed by atoms with Gasteiger partial charge in [0, 0.05) is 0 Å². The van der Waals surface area contributed by atoms with Crippen molar-refractivity contribution >= 4 is 5.97 Å². The van der Waals surface area contributed by atoms with Crippen LogP contribution in [-0.2, 0) is 4.79 Å². The molecule has 1 aromatic rings. The monoisotopic (exact) mass is 222 g/mol. The summed E-state index contributed by atoms with van der Waals surface area (Å²) >= 11 is 0. The second kappa shape index (κ2) is 5.01. The largest absolute Gasteiger partial charge is 0.482 e. The number of benzene rings is 1. The molecule has 0 aliphatic rings. The Hall–Kier alpha value is -1.51. The van der Waals surface area contributed by atoms with Crippen molar-refractivity contribution < 1.29 is 14.6 Å². The second-order valence-electron chi connectivity index (χ2n) is 4.29. The van der Waals surface area contributed by atoms with Gasteiger partial charge in [0.25, 0.3) is 0 Å². The minimum Gasteiger partial charge on any atom is -0.482 e. The summed E-state index contributed by atoms with van der Waals surface area (Å²) < 4.78 is 5.19. The molecule has 0 spiro atoms. The van der Waals surface area contributed by atoms with E-state index in [0.717, 1.165) is 5.56 Å². The van der Waals surface area contributed by atoms with Gasteiger partial charge in [0.05, 0.1) is 0 Å². The van der Waals surface area contributed by atoms with Gasteiger partial charge in [-0.05, 0) is 48.6 Å². The normalized spacial score (nSPS) is 10.6. The molecule has 0 aromatic heterocycles. The van der Waals surface area contributed by atoms with Gasteiger partial charge in [-0.25, -0.2) is 4.79 Å². The first kappa shape index (κ1) is 12.6. The van der Waals surface area contributed by atoms with Gasteiger partial charge in [-0.2, -0.15) is 0 Å². The number of aryl methyl sites for hydroxylation is 1. The number of hydrogen-bond donors (Lipinski definition) is 1. The Bertz CT molecular complexity index is 394. The van der Waals surface area contributed by atoms with E-state index in [1.807, 2.05) is 19.1 Å². The molecular weight excluding hydrogens is 204 g/mol.